The molecule has 4 nitrogen and oxygen atoms in total. The Bertz CT molecular complexity index is 1160. The molecule has 0 aliphatic carbocycles. The molecule has 158 valence electrons. The van der Waals surface area contributed by atoms with Crippen LogP contribution in [-0.4, -0.2) is 13.4 Å². The summed E-state index contributed by atoms with van der Waals surface area (Å²) in [4.78, 5) is 4.17. The quantitative estimate of drug-likeness (QED) is 0.399. The van der Waals surface area contributed by atoms with Gasteiger partial charge in [0.15, 0.2) is 0 Å². The molecule has 1 N–H and O–H groups in total. The number of hydrogen-bond acceptors (Lipinski definition) is 4. The van der Waals surface area contributed by atoms with Crippen molar-refractivity contribution in [3.8, 4) is 0 Å². The highest BCUT2D eigenvalue weighted by molar-refractivity contribution is 7.98. The molecule has 0 aliphatic heterocycles. The second-order valence-electron chi connectivity index (χ2n) is 6.00. The number of nitrogens with one attached hydrogen (secondary N) is 1. The lowest BCUT2D eigenvalue weighted by Crippen LogP contribution is -2.15. The molecule has 3 aromatic rings. The van der Waals surface area contributed by atoms with Gasteiger partial charge in [-0.2, -0.15) is 13.2 Å². The molecule has 0 unspecified atom stereocenters. The van der Waals surface area contributed by atoms with Crippen molar-refractivity contribution < 1.29 is 21.6 Å². The maximum absolute atomic E-state index is 13.1. The van der Waals surface area contributed by atoms with Crippen molar-refractivity contribution in [3.05, 3.63) is 82.1 Å². The summed E-state index contributed by atoms with van der Waals surface area (Å²) in [6.45, 7) is 0. The van der Waals surface area contributed by atoms with Crippen LogP contribution in [0.15, 0.2) is 70.6 Å². The molecule has 11 heteroatoms. The molecule has 1 heterocycles. The summed E-state index contributed by atoms with van der Waals surface area (Å²) in [6.07, 6.45) is -3.15. The average Bonchev–Trinajstić information content (AvgIpc) is 2.67. The first-order chi connectivity index (χ1) is 14.1. The second-order valence-corrected chi connectivity index (χ2v) is 9.54. The normalized spacial score (nSPS) is 12.0. The van der Waals surface area contributed by atoms with Gasteiger partial charge in [-0.1, -0.05) is 29.3 Å². The van der Waals surface area contributed by atoms with Crippen LogP contribution in [0.3, 0.4) is 0 Å². The Balaban J connectivity index is 1.90. The fourth-order valence-corrected chi connectivity index (χ4v) is 4.90. The molecule has 0 bridgehead atoms. The van der Waals surface area contributed by atoms with Gasteiger partial charge < -0.3 is 0 Å². The smallest absolute Gasteiger partial charge is 0.278 e. The summed E-state index contributed by atoms with van der Waals surface area (Å²) < 4.78 is 67.1. The van der Waals surface area contributed by atoms with E-state index in [4.69, 9.17) is 23.2 Å². The number of rotatable bonds is 6. The van der Waals surface area contributed by atoms with E-state index in [-0.39, 0.29) is 10.7 Å². The largest absolute Gasteiger partial charge is 0.417 e. The van der Waals surface area contributed by atoms with Gasteiger partial charge in [-0.05, 0) is 48.5 Å². The van der Waals surface area contributed by atoms with Crippen LogP contribution in [0.25, 0.3) is 0 Å². The molecule has 0 fully saturated rings. The summed E-state index contributed by atoms with van der Waals surface area (Å²) in [7, 11) is -4.33. The first-order valence-corrected chi connectivity index (χ1v) is 11.5. The summed E-state index contributed by atoms with van der Waals surface area (Å²) in [6, 6.07) is 12.4. The number of anilines is 1. The predicted octanol–water partition coefficient (Wildman–Crippen LogP) is 6.50. The van der Waals surface area contributed by atoms with E-state index in [1.54, 1.807) is 24.4 Å². The van der Waals surface area contributed by atoms with E-state index in [1.807, 2.05) is 12.1 Å². The Morgan fingerprint density at radius 3 is 2.47 bits per heavy atom. The van der Waals surface area contributed by atoms with E-state index in [0.717, 1.165) is 17.8 Å². The van der Waals surface area contributed by atoms with Crippen LogP contribution in [0, 0.1) is 0 Å². The first-order valence-electron chi connectivity index (χ1n) is 8.28. The van der Waals surface area contributed by atoms with E-state index < -0.39 is 31.7 Å². The van der Waals surface area contributed by atoms with Crippen molar-refractivity contribution in [2.45, 2.75) is 21.7 Å². The third kappa shape index (κ3) is 5.60. The van der Waals surface area contributed by atoms with Crippen molar-refractivity contribution in [3.63, 3.8) is 0 Å². The summed E-state index contributed by atoms with van der Waals surface area (Å²) in [5, 5.41) is -0.321. The highest BCUT2D eigenvalue weighted by Crippen LogP contribution is 2.37. The van der Waals surface area contributed by atoms with Crippen LogP contribution in [0.2, 0.25) is 10.0 Å². The van der Waals surface area contributed by atoms with Gasteiger partial charge in [0, 0.05) is 21.9 Å². The Morgan fingerprint density at radius 2 is 1.80 bits per heavy atom. The number of benzene rings is 2. The topological polar surface area (TPSA) is 59.1 Å². The molecule has 3 rings (SSSR count). The fraction of sp³-hybridized carbons (Fsp3) is 0.105. The second kappa shape index (κ2) is 9.05. The molecule has 0 aliphatic rings. The zero-order valence-corrected chi connectivity index (χ0v) is 18.1. The van der Waals surface area contributed by atoms with E-state index in [1.165, 1.54) is 17.8 Å². The zero-order valence-electron chi connectivity index (χ0n) is 15.0. The number of pyridine rings is 1. The maximum atomic E-state index is 13.1. The Kier molecular flexibility index (Phi) is 6.86. The van der Waals surface area contributed by atoms with Gasteiger partial charge >= 0.3 is 6.18 Å². The molecular formula is C19H13Cl2F3N2O2S2. The van der Waals surface area contributed by atoms with Crippen LogP contribution >= 0.6 is 35.0 Å². The van der Waals surface area contributed by atoms with Crippen molar-refractivity contribution >= 4 is 50.7 Å². The molecule has 0 amide bonds. The van der Waals surface area contributed by atoms with E-state index in [2.05, 4.69) is 9.71 Å². The van der Waals surface area contributed by atoms with Gasteiger partial charge in [-0.15, -0.1) is 11.8 Å². The highest BCUT2D eigenvalue weighted by Gasteiger charge is 2.34. The maximum Gasteiger partial charge on any atom is 0.417 e. The number of hydrogen-bond donors (Lipinski definition) is 1. The lowest BCUT2D eigenvalue weighted by atomic mass is 10.2. The average molecular weight is 493 g/mol. The first kappa shape index (κ1) is 22.7. The van der Waals surface area contributed by atoms with Crippen LogP contribution in [0.5, 0.6) is 0 Å². The molecule has 0 saturated carbocycles. The van der Waals surface area contributed by atoms with Crippen LogP contribution < -0.4 is 4.72 Å². The van der Waals surface area contributed by atoms with Crippen molar-refractivity contribution in [2.75, 3.05) is 4.72 Å². The minimum atomic E-state index is -4.79. The number of alkyl halides is 3. The number of thioether (sulfide) groups is 1. The number of aromatic nitrogens is 1. The molecular weight excluding hydrogens is 480 g/mol. The van der Waals surface area contributed by atoms with Gasteiger partial charge in [0.2, 0.25) is 0 Å². The Hall–Kier alpha value is -1.94. The molecule has 0 atom stereocenters. The molecule has 0 spiro atoms. The lowest BCUT2D eigenvalue weighted by Gasteiger charge is -2.15. The van der Waals surface area contributed by atoms with Gasteiger partial charge in [-0.25, -0.2) is 8.42 Å². The number of sulfonamides is 1. The van der Waals surface area contributed by atoms with Gasteiger partial charge in [-0.3, -0.25) is 9.71 Å². The third-order valence-electron chi connectivity index (χ3n) is 3.84. The number of nitrogens with zero attached hydrogens (tertiary/aromatic N) is 1. The van der Waals surface area contributed by atoms with Crippen LogP contribution in [0.4, 0.5) is 18.9 Å². The van der Waals surface area contributed by atoms with E-state index in [9.17, 15) is 21.6 Å². The Labute approximate surface area is 185 Å². The van der Waals surface area contributed by atoms with Crippen molar-refractivity contribution in [1.82, 2.24) is 4.98 Å². The van der Waals surface area contributed by atoms with E-state index >= 15 is 0 Å². The molecule has 2 aromatic carbocycles. The van der Waals surface area contributed by atoms with Gasteiger partial charge in [0.05, 0.1) is 26.9 Å². The van der Waals surface area contributed by atoms with E-state index in [0.29, 0.717) is 16.7 Å². The Morgan fingerprint density at radius 1 is 1.03 bits per heavy atom. The monoisotopic (exact) mass is 492 g/mol. The molecule has 0 radical (unpaired) electrons. The van der Waals surface area contributed by atoms with Gasteiger partial charge in [0.1, 0.15) is 0 Å². The SMILES string of the molecule is O=S(=O)(Nc1cc(Cl)ccc1SCc1ccccn1)c1ccc(Cl)c(C(F)(F)F)c1. The van der Waals surface area contributed by atoms with Crippen molar-refractivity contribution in [2.24, 2.45) is 0 Å². The van der Waals surface area contributed by atoms with Crippen LogP contribution in [-0.2, 0) is 22.0 Å². The fourth-order valence-electron chi connectivity index (χ4n) is 2.44. The summed E-state index contributed by atoms with van der Waals surface area (Å²) >= 11 is 12.9. The zero-order chi connectivity index (χ0) is 21.9. The standard InChI is InChI=1S/C19H13Cl2F3N2O2S2/c20-12-4-7-18(29-11-13-3-1-2-8-25-13)17(9-12)26-30(27,28)14-5-6-16(21)15(10-14)19(22,23)24/h1-10,26H,11H2. The summed E-state index contributed by atoms with van der Waals surface area (Å²) in [5.74, 6) is 0.455. The highest BCUT2D eigenvalue weighted by atomic mass is 35.5. The predicted molar refractivity (Wildman–Crippen MR) is 113 cm³/mol. The lowest BCUT2D eigenvalue weighted by molar-refractivity contribution is -0.137. The molecule has 0 saturated heterocycles. The minimum absolute atomic E-state index is 0.145. The molecule has 1 aromatic heterocycles. The van der Waals surface area contributed by atoms with Crippen molar-refractivity contribution in [1.29, 1.82) is 0 Å². The molecule has 30 heavy (non-hydrogen) atoms. The van der Waals surface area contributed by atoms with Gasteiger partial charge in [0.25, 0.3) is 10.0 Å². The third-order valence-corrected chi connectivity index (χ3v) is 6.88. The van der Waals surface area contributed by atoms with Crippen LogP contribution in [0.1, 0.15) is 11.3 Å². The minimum Gasteiger partial charge on any atom is -0.278 e. The number of halogens is 5. The summed E-state index contributed by atoms with van der Waals surface area (Å²) in [5.41, 5.74) is -0.311.